The summed E-state index contributed by atoms with van der Waals surface area (Å²) in [4.78, 5) is 56.9. The largest absolute Gasteiger partial charge is 0.519 e. The fourth-order valence-electron chi connectivity index (χ4n) is 13.0. The van der Waals surface area contributed by atoms with Crippen LogP contribution in [0.15, 0.2) is 97.1 Å². The molecule has 0 amide bonds. The van der Waals surface area contributed by atoms with Gasteiger partial charge in [-0.25, -0.2) is 19.2 Å². The molecule has 8 aromatic rings. The third-order valence-electron chi connectivity index (χ3n) is 15.6. The first kappa shape index (κ1) is 50.4. The van der Waals surface area contributed by atoms with Crippen LogP contribution in [0.3, 0.4) is 0 Å². The van der Waals surface area contributed by atoms with Crippen LogP contribution in [0.1, 0.15) is 134 Å². The van der Waals surface area contributed by atoms with Gasteiger partial charge in [-0.3, -0.25) is 0 Å². The minimum Gasteiger partial charge on any atom is -0.394 e. The lowest BCUT2D eigenvalue weighted by atomic mass is 9.88. The molecule has 15 heterocycles. The molecule has 0 fully saturated rings. The van der Waals surface area contributed by atoms with Crippen molar-refractivity contribution in [2.45, 2.75) is 107 Å². The Morgan fingerprint density at radius 3 is 0.362 bits per heavy atom. The number of hydrogen-bond donors (Lipinski definition) is 0. The van der Waals surface area contributed by atoms with Gasteiger partial charge in [-0.05, 0) is 55.4 Å². The molecule has 0 saturated carbocycles. The van der Waals surface area contributed by atoms with Gasteiger partial charge in [0.25, 0.3) is 0 Å². The van der Waals surface area contributed by atoms with Gasteiger partial charge in [-0.2, -0.15) is 0 Å². The van der Waals surface area contributed by atoms with Gasteiger partial charge >= 0.3 is 24.6 Å². The first-order valence-corrected chi connectivity index (χ1v) is 27.0. The van der Waals surface area contributed by atoms with E-state index in [1.54, 1.807) is 0 Å². The maximum atomic E-state index is 14.2. The average molecular weight is 1070 g/mol. The maximum Gasteiger partial charge on any atom is 0.519 e. The standard InChI is InChI=1S/C68H56O12/c1-33-9-41-25-42-10-34(2)19-51-30-52-20-37(5)13-45-27-46-14-38(6)23-55(62(46)78-67(71)77-61(45)52)32-56-24-40(8)16-48-28-47-15-39(7)22-54(63(47)79-68(72)80-64(48)56)31-53-21-36(4)12-44-26-43-11-35(3)18-50(59(43)75-66(70)76-60(44)53)29-49(17-33)57(41)73-65(69)74-58(42)51/h9-24H,25-32H2,1-8H3. The number of ether oxygens (including phenoxy) is 8. The summed E-state index contributed by atoms with van der Waals surface area (Å²) in [5, 5.41) is 0. The molecule has 12 heteroatoms. The van der Waals surface area contributed by atoms with E-state index < -0.39 is 24.6 Å². The molecule has 1 aliphatic carbocycles. The molecular formula is C68H56O12. The first-order chi connectivity index (χ1) is 38.4. The Bertz CT molecular complexity index is 3320. The Morgan fingerprint density at radius 1 is 0.188 bits per heavy atom. The van der Waals surface area contributed by atoms with Crippen molar-refractivity contribution in [3.05, 3.63) is 231 Å². The number of carbonyl (C=O) groups is 4. The first-order valence-electron chi connectivity index (χ1n) is 27.0. The summed E-state index contributed by atoms with van der Waals surface area (Å²) in [7, 11) is 0. The summed E-state index contributed by atoms with van der Waals surface area (Å²) in [6.07, 6.45) is -1.19. The molecule has 24 bridgehead atoms. The third-order valence-corrected chi connectivity index (χ3v) is 15.6. The van der Waals surface area contributed by atoms with E-state index in [9.17, 15) is 19.2 Å². The Kier molecular flexibility index (Phi) is 12.2. The van der Waals surface area contributed by atoms with E-state index in [0.29, 0.717) is 116 Å². The van der Waals surface area contributed by atoms with Crippen molar-refractivity contribution in [2.75, 3.05) is 0 Å². The molecular weight excluding hydrogens is 1010 g/mol. The average Bonchev–Trinajstić information content (AvgIpc) is 3.37. The lowest BCUT2D eigenvalue weighted by Crippen LogP contribution is -2.22. The second kappa shape index (κ2) is 19.3. The summed E-state index contributed by atoms with van der Waals surface area (Å²) in [6.45, 7) is 16.0. The van der Waals surface area contributed by atoms with Crippen molar-refractivity contribution in [1.29, 1.82) is 0 Å². The fourth-order valence-corrected chi connectivity index (χ4v) is 13.0. The van der Waals surface area contributed by atoms with E-state index in [0.717, 1.165) is 89.0 Å². The Hall–Kier alpha value is -9.16. The number of hydrogen-bond acceptors (Lipinski definition) is 12. The van der Waals surface area contributed by atoms with Crippen LogP contribution in [-0.4, -0.2) is 24.6 Å². The molecule has 12 nitrogen and oxygen atoms in total. The number of carbonyl (C=O) groups excluding carboxylic acids is 4. The highest BCUT2D eigenvalue weighted by molar-refractivity contribution is 5.77. The minimum absolute atomic E-state index is 0.241. The molecule has 0 saturated heterocycles. The van der Waals surface area contributed by atoms with Crippen LogP contribution in [0, 0.1) is 55.4 Å². The van der Waals surface area contributed by atoms with Crippen LogP contribution in [0.25, 0.3) is 0 Å². The molecule has 24 rings (SSSR count). The zero-order valence-corrected chi connectivity index (χ0v) is 45.8. The Balaban J connectivity index is 1.01. The smallest absolute Gasteiger partial charge is 0.394 e. The molecule has 8 aromatic carbocycles. The summed E-state index contributed by atoms with van der Waals surface area (Å²) < 4.78 is 49.9. The second-order valence-corrected chi connectivity index (χ2v) is 22.5. The topological polar surface area (TPSA) is 142 Å². The molecule has 0 radical (unpaired) electrons. The van der Waals surface area contributed by atoms with Gasteiger partial charge in [0.2, 0.25) is 0 Å². The van der Waals surface area contributed by atoms with Crippen LogP contribution in [0.4, 0.5) is 19.2 Å². The van der Waals surface area contributed by atoms with E-state index >= 15 is 0 Å². The molecule has 0 spiro atoms. The van der Waals surface area contributed by atoms with Crippen molar-refractivity contribution in [1.82, 2.24) is 0 Å². The number of rotatable bonds is 0. The zero-order valence-electron chi connectivity index (χ0n) is 45.8. The fraction of sp³-hybridized carbons (Fsp3) is 0.235. The summed E-state index contributed by atoms with van der Waals surface area (Å²) >= 11 is 0. The van der Waals surface area contributed by atoms with Crippen molar-refractivity contribution >= 4 is 24.6 Å². The SMILES string of the molecule is Cc1cc2c3c(c1)Cc1cc(C)cc4c1OC(=O)Oc1c(cc(C)cc1Cc1cc(C)cc5c1OC(=O)Oc1c(cc(C)cc1Cc1cc(C)cc6c1OC(=O)Oc1c(cc(C)cc1Cc1cc(C)cc(c1OC(=O)O3)C2)C6)C5)C4. The lowest BCUT2D eigenvalue weighted by Gasteiger charge is -2.25. The Labute approximate surface area is 463 Å². The van der Waals surface area contributed by atoms with Gasteiger partial charge in [0.15, 0.2) is 0 Å². The van der Waals surface area contributed by atoms with Gasteiger partial charge in [0.05, 0.1) is 0 Å². The molecule has 0 atom stereocenters. The van der Waals surface area contributed by atoms with Crippen molar-refractivity contribution in [3.8, 4) is 46.0 Å². The van der Waals surface area contributed by atoms with E-state index in [2.05, 4.69) is 0 Å². The predicted molar refractivity (Wildman–Crippen MR) is 298 cm³/mol. The Morgan fingerprint density at radius 2 is 0.275 bits per heavy atom. The number of benzene rings is 8. The highest BCUT2D eigenvalue weighted by Gasteiger charge is 2.33. The van der Waals surface area contributed by atoms with Crippen LogP contribution in [0.5, 0.6) is 46.0 Å². The third kappa shape index (κ3) is 9.48. The quantitative estimate of drug-likeness (QED) is 0.105. The number of aryl methyl sites for hydroxylation is 8. The van der Waals surface area contributed by atoms with Crippen molar-refractivity contribution in [2.24, 2.45) is 0 Å². The molecule has 0 N–H and O–H groups in total. The zero-order chi connectivity index (χ0) is 55.4. The minimum atomic E-state index is -0.906. The van der Waals surface area contributed by atoms with Crippen LogP contribution < -0.4 is 37.9 Å². The molecule has 80 heavy (non-hydrogen) atoms. The van der Waals surface area contributed by atoms with Gasteiger partial charge in [0.1, 0.15) is 46.0 Å². The molecule has 400 valence electrons. The summed E-state index contributed by atoms with van der Waals surface area (Å²) in [6, 6.07) is 32.0. The normalized spacial score (nSPS) is 15.0. The van der Waals surface area contributed by atoms with Gasteiger partial charge < -0.3 is 37.9 Å². The van der Waals surface area contributed by atoms with Crippen LogP contribution in [-0.2, 0) is 51.4 Å². The van der Waals surface area contributed by atoms with Gasteiger partial charge in [0, 0.05) is 140 Å². The molecule has 15 aliphatic heterocycles. The van der Waals surface area contributed by atoms with Crippen molar-refractivity contribution in [3.63, 3.8) is 0 Å². The van der Waals surface area contributed by atoms with Crippen LogP contribution in [0.2, 0.25) is 0 Å². The van der Waals surface area contributed by atoms with E-state index in [1.807, 2.05) is 152 Å². The highest BCUT2D eigenvalue weighted by atomic mass is 16.7. The second-order valence-electron chi connectivity index (χ2n) is 22.5. The van der Waals surface area contributed by atoms with E-state index in [-0.39, 0.29) is 25.7 Å². The summed E-state index contributed by atoms with van der Waals surface area (Å²) in [5.41, 5.74) is 19.4. The monoisotopic (exact) mass is 1060 g/mol. The van der Waals surface area contributed by atoms with E-state index in [1.165, 1.54) is 0 Å². The van der Waals surface area contributed by atoms with E-state index in [4.69, 9.17) is 37.9 Å². The molecule has 0 aromatic heterocycles. The van der Waals surface area contributed by atoms with Crippen molar-refractivity contribution < 1.29 is 57.1 Å². The lowest BCUT2D eigenvalue weighted by molar-refractivity contribution is 0.148. The molecule has 0 unspecified atom stereocenters. The van der Waals surface area contributed by atoms with Gasteiger partial charge in [-0.15, -0.1) is 0 Å². The molecule has 16 aliphatic rings. The highest BCUT2D eigenvalue weighted by Crippen LogP contribution is 2.46. The van der Waals surface area contributed by atoms with Crippen LogP contribution >= 0.6 is 0 Å². The summed E-state index contributed by atoms with van der Waals surface area (Å²) in [5.74, 6) is 2.93. The predicted octanol–water partition coefficient (Wildman–Crippen LogP) is 14.8. The van der Waals surface area contributed by atoms with Gasteiger partial charge in [-0.1, -0.05) is 142 Å². The maximum absolute atomic E-state index is 14.2.